The van der Waals surface area contributed by atoms with Crippen molar-refractivity contribution in [2.45, 2.75) is 26.2 Å². The largest absolute Gasteiger partial charge is 0.477 e. The number of aromatic nitrogens is 1. The van der Waals surface area contributed by atoms with Crippen molar-refractivity contribution >= 4 is 28.2 Å². The number of thiophene rings is 1. The molecule has 2 aromatic rings. The van der Waals surface area contributed by atoms with Crippen molar-refractivity contribution in [3.63, 3.8) is 0 Å². The number of rotatable bonds is 6. The molecule has 0 radical (unpaired) electrons. The Morgan fingerprint density at radius 1 is 1.42 bits per heavy atom. The van der Waals surface area contributed by atoms with Gasteiger partial charge in [-0.3, -0.25) is 4.79 Å². The minimum absolute atomic E-state index is 0.162. The topological polar surface area (TPSA) is 101 Å². The summed E-state index contributed by atoms with van der Waals surface area (Å²) < 4.78 is 10.3. The third kappa shape index (κ3) is 3.68. The fourth-order valence-electron chi connectivity index (χ4n) is 2.78. The predicted octanol–water partition coefficient (Wildman–Crippen LogP) is 2.70. The molecule has 26 heavy (non-hydrogen) atoms. The van der Waals surface area contributed by atoms with E-state index in [4.69, 9.17) is 9.47 Å². The van der Waals surface area contributed by atoms with Gasteiger partial charge in [0.1, 0.15) is 16.6 Å². The zero-order valence-corrected chi connectivity index (χ0v) is 15.0. The van der Waals surface area contributed by atoms with Gasteiger partial charge in [-0.05, 0) is 43.9 Å². The molecule has 2 heterocycles. The quantitative estimate of drug-likeness (QED) is 0.784. The first-order valence-corrected chi connectivity index (χ1v) is 9.05. The fourth-order valence-corrected chi connectivity index (χ4v) is 4.04. The van der Waals surface area contributed by atoms with E-state index in [0.29, 0.717) is 17.2 Å². The first-order chi connectivity index (χ1) is 12.6. The van der Waals surface area contributed by atoms with Gasteiger partial charge in [-0.1, -0.05) is 0 Å². The van der Waals surface area contributed by atoms with Gasteiger partial charge in [-0.2, -0.15) is 5.26 Å². The summed E-state index contributed by atoms with van der Waals surface area (Å²) in [6, 6.07) is 5.27. The van der Waals surface area contributed by atoms with Gasteiger partial charge in [0.25, 0.3) is 5.91 Å². The summed E-state index contributed by atoms with van der Waals surface area (Å²) in [5.74, 6) is -1.01. The second-order valence-corrected chi connectivity index (χ2v) is 6.69. The number of anilines is 1. The third-order valence-electron chi connectivity index (χ3n) is 3.89. The highest BCUT2D eigenvalue weighted by molar-refractivity contribution is 7.16. The minimum atomic E-state index is -0.689. The van der Waals surface area contributed by atoms with Gasteiger partial charge >= 0.3 is 5.97 Å². The van der Waals surface area contributed by atoms with Crippen molar-refractivity contribution in [1.29, 1.82) is 5.26 Å². The van der Waals surface area contributed by atoms with Crippen molar-refractivity contribution in [1.82, 2.24) is 4.98 Å². The van der Waals surface area contributed by atoms with Gasteiger partial charge in [0.15, 0.2) is 6.61 Å². The van der Waals surface area contributed by atoms with Crippen LogP contribution in [0.4, 0.5) is 5.00 Å². The molecular formula is C18H17N3O4S. The number of amides is 1. The zero-order chi connectivity index (χ0) is 18.5. The van der Waals surface area contributed by atoms with Crippen molar-refractivity contribution in [2.75, 3.05) is 18.5 Å². The van der Waals surface area contributed by atoms with E-state index in [0.717, 1.165) is 29.7 Å². The molecule has 0 saturated carbocycles. The van der Waals surface area contributed by atoms with E-state index in [1.165, 1.54) is 23.6 Å². The molecule has 0 saturated heterocycles. The van der Waals surface area contributed by atoms with E-state index in [1.54, 1.807) is 13.0 Å². The average molecular weight is 371 g/mol. The maximum absolute atomic E-state index is 12.2. The van der Waals surface area contributed by atoms with Crippen LogP contribution in [-0.4, -0.2) is 30.1 Å². The lowest BCUT2D eigenvalue weighted by atomic mass is 10.1. The molecule has 0 fully saturated rings. The first kappa shape index (κ1) is 17.9. The maximum atomic E-state index is 12.2. The SMILES string of the molecule is CCOc1ncccc1C(=O)OCC(=O)Nc1sc2c(c1C#N)CCC2. The number of nitrogens with one attached hydrogen (secondary N) is 1. The Morgan fingerprint density at radius 2 is 2.27 bits per heavy atom. The first-order valence-electron chi connectivity index (χ1n) is 8.23. The average Bonchev–Trinajstić information content (AvgIpc) is 3.21. The maximum Gasteiger partial charge on any atom is 0.344 e. The normalized spacial score (nSPS) is 12.2. The molecule has 134 valence electrons. The van der Waals surface area contributed by atoms with E-state index < -0.39 is 18.5 Å². The van der Waals surface area contributed by atoms with Crippen molar-refractivity contribution < 1.29 is 19.1 Å². The number of aryl methyl sites for hydroxylation is 1. The highest BCUT2D eigenvalue weighted by Crippen LogP contribution is 2.38. The number of nitriles is 1. The fraction of sp³-hybridized carbons (Fsp3) is 0.333. The van der Waals surface area contributed by atoms with E-state index in [1.807, 2.05) is 0 Å². The lowest BCUT2D eigenvalue weighted by Crippen LogP contribution is -2.21. The number of ether oxygens (including phenoxy) is 2. The molecule has 0 aromatic carbocycles. The Kier molecular flexibility index (Phi) is 5.49. The molecule has 0 bridgehead atoms. The Labute approximate surface area is 154 Å². The molecule has 0 aliphatic heterocycles. The van der Waals surface area contributed by atoms with Crippen LogP contribution < -0.4 is 10.1 Å². The minimum Gasteiger partial charge on any atom is -0.477 e. The second kappa shape index (κ2) is 7.97. The third-order valence-corrected chi connectivity index (χ3v) is 5.10. The Balaban J connectivity index is 1.62. The molecule has 0 unspecified atom stereocenters. The van der Waals surface area contributed by atoms with Crippen molar-refractivity contribution in [3.8, 4) is 11.9 Å². The summed E-state index contributed by atoms with van der Waals surface area (Å²) in [7, 11) is 0. The Morgan fingerprint density at radius 3 is 3.04 bits per heavy atom. The Hall–Kier alpha value is -2.92. The standard InChI is InChI=1S/C18H17N3O4S/c1-2-24-16-12(6-4-8-20-16)18(23)25-10-15(22)21-17-13(9-19)11-5-3-7-14(11)26-17/h4,6,8H,2-3,5,7,10H2,1H3,(H,21,22). The lowest BCUT2D eigenvalue weighted by molar-refractivity contribution is -0.119. The molecule has 1 amide bonds. The summed E-state index contributed by atoms with van der Waals surface area (Å²) in [5, 5.41) is 12.5. The molecule has 0 atom stereocenters. The number of fused-ring (bicyclic) bond motifs is 1. The molecule has 2 aromatic heterocycles. The summed E-state index contributed by atoms with van der Waals surface area (Å²) in [4.78, 5) is 29.4. The molecule has 0 spiro atoms. The lowest BCUT2D eigenvalue weighted by Gasteiger charge is -2.09. The summed E-state index contributed by atoms with van der Waals surface area (Å²) in [6.45, 7) is 1.69. The number of pyridine rings is 1. The van der Waals surface area contributed by atoms with Gasteiger partial charge in [-0.15, -0.1) is 11.3 Å². The highest BCUT2D eigenvalue weighted by atomic mass is 32.1. The van der Waals surface area contributed by atoms with Crippen LogP contribution in [0.3, 0.4) is 0 Å². The van der Waals surface area contributed by atoms with Gasteiger partial charge in [-0.25, -0.2) is 9.78 Å². The van der Waals surface area contributed by atoms with E-state index >= 15 is 0 Å². The highest BCUT2D eigenvalue weighted by Gasteiger charge is 2.23. The van der Waals surface area contributed by atoms with Crippen LogP contribution >= 0.6 is 11.3 Å². The van der Waals surface area contributed by atoms with E-state index in [9.17, 15) is 14.9 Å². The number of carbonyl (C=O) groups is 2. The number of esters is 1. The smallest absolute Gasteiger partial charge is 0.344 e. The van der Waals surface area contributed by atoms with Crippen LogP contribution in [0.2, 0.25) is 0 Å². The van der Waals surface area contributed by atoms with Gasteiger partial charge in [0.2, 0.25) is 5.88 Å². The molecule has 1 aliphatic rings. The van der Waals surface area contributed by atoms with Gasteiger partial charge < -0.3 is 14.8 Å². The van der Waals surface area contributed by atoms with Crippen LogP contribution in [0.1, 0.15) is 39.7 Å². The number of hydrogen-bond donors (Lipinski definition) is 1. The summed E-state index contributed by atoms with van der Waals surface area (Å²) in [6.07, 6.45) is 4.34. The number of nitrogens with zero attached hydrogens (tertiary/aromatic N) is 2. The van der Waals surface area contributed by atoms with E-state index in [2.05, 4.69) is 16.4 Å². The molecule has 1 N–H and O–H groups in total. The summed E-state index contributed by atoms with van der Waals surface area (Å²) >= 11 is 1.42. The van der Waals surface area contributed by atoms with Crippen molar-refractivity contribution in [3.05, 3.63) is 39.9 Å². The summed E-state index contributed by atoms with van der Waals surface area (Å²) in [5.41, 5.74) is 1.71. The molecule has 8 heteroatoms. The Bertz CT molecular complexity index is 885. The number of carbonyl (C=O) groups excluding carboxylic acids is 2. The van der Waals surface area contributed by atoms with Gasteiger partial charge in [0, 0.05) is 11.1 Å². The number of hydrogen-bond acceptors (Lipinski definition) is 7. The van der Waals surface area contributed by atoms with Crippen LogP contribution in [-0.2, 0) is 22.4 Å². The molecule has 7 nitrogen and oxygen atoms in total. The van der Waals surface area contributed by atoms with Crippen molar-refractivity contribution in [2.24, 2.45) is 0 Å². The predicted molar refractivity (Wildman–Crippen MR) is 95.4 cm³/mol. The monoisotopic (exact) mass is 371 g/mol. The van der Waals surface area contributed by atoms with Crippen LogP contribution in [0.15, 0.2) is 18.3 Å². The van der Waals surface area contributed by atoms with Crippen LogP contribution in [0, 0.1) is 11.3 Å². The molecular weight excluding hydrogens is 354 g/mol. The van der Waals surface area contributed by atoms with E-state index in [-0.39, 0.29) is 11.4 Å². The van der Waals surface area contributed by atoms with Crippen LogP contribution in [0.5, 0.6) is 5.88 Å². The second-order valence-electron chi connectivity index (χ2n) is 5.59. The molecule has 1 aliphatic carbocycles. The van der Waals surface area contributed by atoms with Crippen LogP contribution in [0.25, 0.3) is 0 Å². The van der Waals surface area contributed by atoms with Gasteiger partial charge in [0.05, 0.1) is 12.2 Å². The zero-order valence-electron chi connectivity index (χ0n) is 14.2. The molecule has 3 rings (SSSR count).